The lowest BCUT2D eigenvalue weighted by molar-refractivity contribution is -0.144. The number of aryl methyl sites for hydroxylation is 1. The number of esters is 1. The number of nitrogens with one attached hydrogen (secondary N) is 2. The minimum absolute atomic E-state index is 0.191. The number of rotatable bonds is 4. The highest BCUT2D eigenvalue weighted by molar-refractivity contribution is 6.00. The molecule has 0 spiro atoms. The van der Waals surface area contributed by atoms with Gasteiger partial charge in [0, 0.05) is 10.9 Å². The van der Waals surface area contributed by atoms with Crippen LogP contribution in [0.1, 0.15) is 35.3 Å². The quantitative estimate of drug-likeness (QED) is 0.849. The molecular weight excluding hydrogens is 304 g/mol. The summed E-state index contributed by atoms with van der Waals surface area (Å²) in [6, 6.07) is 7.22. The zero-order valence-electron chi connectivity index (χ0n) is 14.0. The van der Waals surface area contributed by atoms with Gasteiger partial charge in [-0.15, -0.1) is 0 Å². The SMILES string of the molecule is COC(=O)C(NC(=O)c1cc2cccc(C)c2[nH]1)C1CC2CC2C1. The molecule has 2 aliphatic rings. The molecule has 4 rings (SSSR count). The number of fused-ring (bicyclic) bond motifs is 2. The number of benzene rings is 1. The van der Waals surface area contributed by atoms with Crippen LogP contribution in [0.4, 0.5) is 0 Å². The lowest BCUT2D eigenvalue weighted by atomic mass is 9.94. The molecule has 1 amide bonds. The molecule has 0 saturated heterocycles. The summed E-state index contributed by atoms with van der Waals surface area (Å²) in [5.41, 5.74) is 2.53. The summed E-state index contributed by atoms with van der Waals surface area (Å²) in [5, 5.41) is 3.90. The summed E-state index contributed by atoms with van der Waals surface area (Å²) in [6.07, 6.45) is 3.30. The zero-order valence-corrected chi connectivity index (χ0v) is 14.0. The normalized spacial score (nSPS) is 26.0. The van der Waals surface area contributed by atoms with Crippen LogP contribution in [0.3, 0.4) is 0 Å². The van der Waals surface area contributed by atoms with Gasteiger partial charge in [0.15, 0.2) is 0 Å². The fourth-order valence-corrected chi connectivity index (χ4v) is 4.18. The van der Waals surface area contributed by atoms with E-state index in [0.29, 0.717) is 5.69 Å². The average molecular weight is 326 g/mol. The van der Waals surface area contributed by atoms with Crippen molar-refractivity contribution in [2.45, 2.75) is 32.2 Å². The van der Waals surface area contributed by atoms with E-state index in [0.717, 1.165) is 41.1 Å². The molecule has 2 saturated carbocycles. The predicted molar refractivity (Wildman–Crippen MR) is 90.6 cm³/mol. The largest absolute Gasteiger partial charge is 0.467 e. The minimum Gasteiger partial charge on any atom is -0.467 e. The number of aromatic nitrogens is 1. The van der Waals surface area contributed by atoms with Crippen LogP contribution in [0.2, 0.25) is 0 Å². The number of carbonyl (C=O) groups is 2. The first-order chi connectivity index (χ1) is 11.6. The van der Waals surface area contributed by atoms with Crippen LogP contribution in [0.25, 0.3) is 10.9 Å². The molecule has 0 aliphatic heterocycles. The summed E-state index contributed by atoms with van der Waals surface area (Å²) in [5.74, 6) is 1.09. The second-order valence-corrected chi connectivity index (χ2v) is 7.18. The van der Waals surface area contributed by atoms with Gasteiger partial charge in [0.1, 0.15) is 11.7 Å². The summed E-state index contributed by atoms with van der Waals surface area (Å²) >= 11 is 0. The van der Waals surface area contributed by atoms with Crippen molar-refractivity contribution in [2.75, 3.05) is 7.11 Å². The van der Waals surface area contributed by atoms with Crippen molar-refractivity contribution in [1.82, 2.24) is 10.3 Å². The highest BCUT2D eigenvalue weighted by Gasteiger charge is 2.49. The fraction of sp³-hybridized carbons (Fsp3) is 0.474. The molecule has 2 fully saturated rings. The molecular formula is C19H22N2O3. The molecule has 5 nitrogen and oxygen atoms in total. The molecule has 2 aliphatic carbocycles. The van der Waals surface area contributed by atoms with E-state index in [1.165, 1.54) is 13.5 Å². The number of amides is 1. The highest BCUT2D eigenvalue weighted by atomic mass is 16.5. The first kappa shape index (κ1) is 15.2. The smallest absolute Gasteiger partial charge is 0.328 e. The van der Waals surface area contributed by atoms with Gasteiger partial charge >= 0.3 is 5.97 Å². The fourth-order valence-electron chi connectivity index (χ4n) is 4.18. The topological polar surface area (TPSA) is 71.2 Å². The first-order valence-electron chi connectivity index (χ1n) is 8.54. The van der Waals surface area contributed by atoms with E-state index in [1.54, 1.807) is 0 Å². The molecule has 0 radical (unpaired) electrons. The van der Waals surface area contributed by atoms with E-state index >= 15 is 0 Å². The van der Waals surface area contributed by atoms with Gasteiger partial charge in [0.25, 0.3) is 5.91 Å². The number of para-hydroxylation sites is 1. The lowest BCUT2D eigenvalue weighted by Gasteiger charge is -2.23. The number of ether oxygens (including phenoxy) is 1. The molecule has 3 unspecified atom stereocenters. The second-order valence-electron chi connectivity index (χ2n) is 7.18. The number of H-pyrrole nitrogens is 1. The van der Waals surface area contributed by atoms with Crippen LogP contribution < -0.4 is 5.32 Å². The second kappa shape index (κ2) is 5.65. The molecule has 1 aromatic heterocycles. The first-order valence-corrected chi connectivity index (χ1v) is 8.54. The van der Waals surface area contributed by atoms with Crippen LogP contribution in [-0.4, -0.2) is 30.0 Å². The molecule has 0 bridgehead atoms. The van der Waals surface area contributed by atoms with Crippen molar-refractivity contribution in [1.29, 1.82) is 0 Å². The molecule has 3 atom stereocenters. The van der Waals surface area contributed by atoms with Crippen LogP contribution in [0.15, 0.2) is 24.3 Å². The van der Waals surface area contributed by atoms with E-state index in [-0.39, 0.29) is 17.8 Å². The number of aromatic amines is 1. The van der Waals surface area contributed by atoms with Crippen molar-refractivity contribution in [3.63, 3.8) is 0 Å². The predicted octanol–water partition coefficient (Wildman–Crippen LogP) is 2.79. The lowest BCUT2D eigenvalue weighted by Crippen LogP contribution is -2.46. The maximum atomic E-state index is 12.7. The average Bonchev–Trinajstić information content (AvgIpc) is 3.00. The van der Waals surface area contributed by atoms with Crippen molar-refractivity contribution < 1.29 is 14.3 Å². The van der Waals surface area contributed by atoms with Crippen LogP contribution >= 0.6 is 0 Å². The number of carbonyl (C=O) groups excluding carboxylic acids is 2. The van der Waals surface area contributed by atoms with Crippen molar-refractivity contribution >= 4 is 22.8 Å². The maximum Gasteiger partial charge on any atom is 0.328 e. The molecule has 1 heterocycles. The zero-order chi connectivity index (χ0) is 16.8. The Morgan fingerprint density at radius 1 is 1.25 bits per heavy atom. The Labute approximate surface area is 140 Å². The van der Waals surface area contributed by atoms with Gasteiger partial charge in [-0.3, -0.25) is 4.79 Å². The third kappa shape index (κ3) is 2.58. The Hall–Kier alpha value is -2.30. The van der Waals surface area contributed by atoms with Crippen LogP contribution in [-0.2, 0) is 9.53 Å². The summed E-state index contributed by atoms with van der Waals surface area (Å²) in [4.78, 5) is 28.0. The van der Waals surface area contributed by atoms with Gasteiger partial charge in [-0.25, -0.2) is 4.79 Å². The van der Waals surface area contributed by atoms with E-state index in [1.807, 2.05) is 31.2 Å². The van der Waals surface area contributed by atoms with Crippen molar-refractivity contribution in [3.8, 4) is 0 Å². The van der Waals surface area contributed by atoms with E-state index in [4.69, 9.17) is 4.74 Å². The van der Waals surface area contributed by atoms with Crippen molar-refractivity contribution in [3.05, 3.63) is 35.5 Å². The Morgan fingerprint density at radius 3 is 2.67 bits per heavy atom. The summed E-state index contributed by atoms with van der Waals surface area (Å²) < 4.78 is 4.93. The van der Waals surface area contributed by atoms with Gasteiger partial charge in [-0.2, -0.15) is 0 Å². The van der Waals surface area contributed by atoms with E-state index < -0.39 is 6.04 Å². The molecule has 2 N–H and O–H groups in total. The summed E-state index contributed by atoms with van der Waals surface area (Å²) in [7, 11) is 1.38. The Bertz CT molecular complexity index is 800. The highest BCUT2D eigenvalue weighted by Crippen LogP contribution is 2.55. The number of methoxy groups -OCH3 is 1. The van der Waals surface area contributed by atoms with Crippen molar-refractivity contribution in [2.24, 2.45) is 17.8 Å². The van der Waals surface area contributed by atoms with Gasteiger partial charge in [-0.1, -0.05) is 18.2 Å². The van der Waals surface area contributed by atoms with E-state index in [2.05, 4.69) is 10.3 Å². The molecule has 1 aromatic carbocycles. The van der Waals surface area contributed by atoms with Gasteiger partial charge in [0.2, 0.25) is 0 Å². The number of hydrogen-bond acceptors (Lipinski definition) is 3. The molecule has 2 aromatic rings. The Balaban J connectivity index is 1.55. The van der Waals surface area contributed by atoms with E-state index in [9.17, 15) is 9.59 Å². The van der Waals surface area contributed by atoms with Gasteiger partial charge < -0.3 is 15.0 Å². The molecule has 126 valence electrons. The van der Waals surface area contributed by atoms with Crippen LogP contribution in [0.5, 0.6) is 0 Å². The standard InChI is InChI=1S/C19H22N2O3/c1-10-4-3-5-11-9-15(20-16(10)11)18(22)21-17(19(23)24-2)14-7-12-6-13(12)8-14/h3-5,9,12-14,17,20H,6-8H2,1-2H3,(H,21,22). The molecule has 5 heteroatoms. The van der Waals surface area contributed by atoms with Gasteiger partial charge in [-0.05, 0) is 55.6 Å². The van der Waals surface area contributed by atoms with Crippen LogP contribution in [0, 0.1) is 24.7 Å². The number of hydrogen-bond donors (Lipinski definition) is 2. The maximum absolute atomic E-state index is 12.7. The molecule has 24 heavy (non-hydrogen) atoms. The Kier molecular flexibility index (Phi) is 3.59. The Morgan fingerprint density at radius 2 is 2.00 bits per heavy atom. The third-order valence-corrected chi connectivity index (χ3v) is 5.60. The van der Waals surface area contributed by atoms with Gasteiger partial charge in [0.05, 0.1) is 7.11 Å². The third-order valence-electron chi connectivity index (χ3n) is 5.60. The minimum atomic E-state index is -0.553. The summed E-state index contributed by atoms with van der Waals surface area (Å²) in [6.45, 7) is 2.00. The monoisotopic (exact) mass is 326 g/mol.